The molecule has 0 fully saturated rings. The quantitative estimate of drug-likeness (QED) is 0.537. The molecule has 3 amide bonds. The minimum atomic E-state index is -1.19. The number of hydrogen-bond donors (Lipinski definition) is 4. The number of carbonyl (C=O) groups excluding carboxylic acids is 2. The van der Waals surface area contributed by atoms with Gasteiger partial charge in [-0.15, -0.1) is 0 Å². The lowest BCUT2D eigenvalue weighted by molar-refractivity contribution is 0.102. The molecule has 0 atom stereocenters. The maximum atomic E-state index is 14.6. The van der Waals surface area contributed by atoms with Crippen LogP contribution in [0.25, 0.3) is 0 Å². The van der Waals surface area contributed by atoms with Crippen LogP contribution >= 0.6 is 0 Å². The number of anilines is 4. The maximum absolute atomic E-state index is 14.6. The van der Waals surface area contributed by atoms with E-state index in [2.05, 4.69) is 26.3 Å². The highest BCUT2D eigenvalue weighted by molar-refractivity contribution is 6.04. The van der Waals surface area contributed by atoms with Crippen molar-refractivity contribution in [3.05, 3.63) is 77.5 Å². The summed E-state index contributed by atoms with van der Waals surface area (Å²) < 4.78 is 29.1. The van der Waals surface area contributed by atoms with Crippen LogP contribution in [-0.4, -0.2) is 16.9 Å². The Morgan fingerprint density at radius 3 is 2.48 bits per heavy atom. The molecule has 0 aliphatic carbocycles. The molecule has 1 aromatic heterocycles. The lowest BCUT2D eigenvalue weighted by atomic mass is 10.1. The van der Waals surface area contributed by atoms with Gasteiger partial charge < -0.3 is 16.0 Å². The van der Waals surface area contributed by atoms with Crippen LogP contribution in [0.5, 0.6) is 0 Å². The van der Waals surface area contributed by atoms with E-state index in [0.717, 1.165) is 0 Å². The average molecular weight is 395 g/mol. The Morgan fingerprint density at radius 2 is 1.69 bits per heavy atom. The van der Waals surface area contributed by atoms with E-state index < -0.39 is 23.6 Å². The van der Waals surface area contributed by atoms with E-state index in [1.54, 1.807) is 36.4 Å². The van der Waals surface area contributed by atoms with Crippen LogP contribution in [-0.2, 0) is 6.54 Å². The second kappa shape index (κ2) is 7.55. The summed E-state index contributed by atoms with van der Waals surface area (Å²) in [6, 6.07) is 12.0. The van der Waals surface area contributed by atoms with Crippen molar-refractivity contribution in [1.29, 1.82) is 0 Å². The van der Waals surface area contributed by atoms with Crippen molar-refractivity contribution in [3.8, 4) is 0 Å². The first-order chi connectivity index (χ1) is 14.0. The molecule has 2 aromatic carbocycles. The first-order valence-electron chi connectivity index (χ1n) is 8.67. The fourth-order valence-electron chi connectivity index (χ4n) is 2.89. The largest absolute Gasteiger partial charge is 0.353 e. The zero-order valence-corrected chi connectivity index (χ0v) is 14.9. The fraction of sp³-hybridized carbons (Fsp3) is 0.0500. The molecule has 9 heteroatoms. The van der Waals surface area contributed by atoms with Gasteiger partial charge in [-0.1, -0.05) is 18.2 Å². The normalized spacial score (nSPS) is 12.4. The molecular weight excluding hydrogens is 380 g/mol. The third-order valence-corrected chi connectivity index (χ3v) is 4.35. The van der Waals surface area contributed by atoms with Crippen LogP contribution in [0.3, 0.4) is 0 Å². The summed E-state index contributed by atoms with van der Waals surface area (Å²) >= 11 is 0. The van der Waals surface area contributed by atoms with Crippen LogP contribution in [0.4, 0.5) is 36.5 Å². The van der Waals surface area contributed by atoms with Crippen LogP contribution in [0.2, 0.25) is 0 Å². The highest BCUT2D eigenvalue weighted by Crippen LogP contribution is 2.31. The molecule has 1 aliphatic rings. The second-order valence-corrected chi connectivity index (χ2v) is 6.23. The zero-order valence-electron chi connectivity index (χ0n) is 14.9. The standard InChI is InChI=1S/C20H15F2N5O2/c21-16-14(25-13-8-9-23-18-12(13)10-24-20(29)27-18)6-7-15(17(16)22)26-19(28)11-4-2-1-3-5-11/h1-9H,10H2,(H,26,28)(H3,23,24,25,27,29). The van der Waals surface area contributed by atoms with Crippen LogP contribution < -0.4 is 21.3 Å². The van der Waals surface area contributed by atoms with E-state index in [4.69, 9.17) is 0 Å². The van der Waals surface area contributed by atoms with Gasteiger partial charge in [0, 0.05) is 23.0 Å². The molecule has 0 spiro atoms. The summed E-state index contributed by atoms with van der Waals surface area (Å²) in [7, 11) is 0. The predicted molar refractivity (Wildman–Crippen MR) is 104 cm³/mol. The average Bonchev–Trinajstić information content (AvgIpc) is 2.74. The Morgan fingerprint density at radius 1 is 0.966 bits per heavy atom. The van der Waals surface area contributed by atoms with Crippen molar-refractivity contribution in [1.82, 2.24) is 10.3 Å². The van der Waals surface area contributed by atoms with Crippen molar-refractivity contribution >= 4 is 34.8 Å². The number of carbonyl (C=O) groups is 2. The lowest BCUT2D eigenvalue weighted by Crippen LogP contribution is -2.34. The summed E-state index contributed by atoms with van der Waals surface area (Å²) in [6.07, 6.45) is 1.44. The van der Waals surface area contributed by atoms with Gasteiger partial charge in [0.2, 0.25) is 0 Å². The Kier molecular flexibility index (Phi) is 4.78. The lowest BCUT2D eigenvalue weighted by Gasteiger charge is -2.21. The Labute approximate surface area is 164 Å². The highest BCUT2D eigenvalue weighted by atomic mass is 19.2. The van der Waals surface area contributed by atoms with Crippen molar-refractivity contribution < 1.29 is 18.4 Å². The monoisotopic (exact) mass is 395 g/mol. The molecular formula is C20H15F2N5O2. The molecule has 29 heavy (non-hydrogen) atoms. The number of halogens is 2. The number of rotatable bonds is 4. The van der Waals surface area contributed by atoms with Gasteiger partial charge in [-0.3, -0.25) is 10.1 Å². The number of aromatic nitrogens is 1. The second-order valence-electron chi connectivity index (χ2n) is 6.23. The summed E-state index contributed by atoms with van der Waals surface area (Å²) in [4.78, 5) is 27.6. The molecule has 0 saturated heterocycles. The van der Waals surface area contributed by atoms with Crippen LogP contribution in [0.15, 0.2) is 54.7 Å². The molecule has 0 unspecified atom stereocenters. The van der Waals surface area contributed by atoms with Gasteiger partial charge in [0.05, 0.1) is 17.9 Å². The van der Waals surface area contributed by atoms with Gasteiger partial charge in [-0.25, -0.2) is 18.6 Å². The van der Waals surface area contributed by atoms with Gasteiger partial charge in [-0.05, 0) is 30.3 Å². The Balaban J connectivity index is 1.58. The van der Waals surface area contributed by atoms with E-state index >= 15 is 0 Å². The number of urea groups is 1. The molecule has 4 N–H and O–H groups in total. The number of nitrogens with zero attached hydrogens (tertiary/aromatic N) is 1. The van der Waals surface area contributed by atoms with E-state index in [-0.39, 0.29) is 17.9 Å². The topological polar surface area (TPSA) is 95.2 Å². The highest BCUT2D eigenvalue weighted by Gasteiger charge is 2.20. The van der Waals surface area contributed by atoms with E-state index in [0.29, 0.717) is 22.6 Å². The molecule has 0 radical (unpaired) electrons. The molecule has 3 aromatic rings. The summed E-state index contributed by atoms with van der Waals surface area (Å²) in [5.74, 6) is -2.54. The van der Waals surface area contributed by atoms with Crippen molar-refractivity contribution in [3.63, 3.8) is 0 Å². The summed E-state index contributed by atoms with van der Waals surface area (Å²) in [5.41, 5.74) is 1.00. The number of benzene rings is 2. The molecule has 146 valence electrons. The predicted octanol–water partition coefficient (Wildman–Crippen LogP) is 3.99. The molecule has 1 aliphatic heterocycles. The maximum Gasteiger partial charge on any atom is 0.320 e. The summed E-state index contributed by atoms with van der Waals surface area (Å²) in [6.45, 7) is 0.187. The molecule has 2 heterocycles. The van der Waals surface area contributed by atoms with Gasteiger partial charge in [0.1, 0.15) is 5.82 Å². The van der Waals surface area contributed by atoms with E-state index in [1.807, 2.05) is 0 Å². The van der Waals surface area contributed by atoms with E-state index in [9.17, 15) is 18.4 Å². The third-order valence-electron chi connectivity index (χ3n) is 4.35. The number of pyridine rings is 1. The number of nitrogens with one attached hydrogen (secondary N) is 4. The SMILES string of the molecule is O=C1NCc2c(Nc3ccc(NC(=O)c4ccccc4)c(F)c3F)ccnc2N1. The molecule has 7 nitrogen and oxygen atoms in total. The number of hydrogen-bond acceptors (Lipinski definition) is 4. The zero-order chi connectivity index (χ0) is 20.4. The van der Waals surface area contributed by atoms with Crippen LogP contribution in [0, 0.1) is 11.6 Å². The summed E-state index contributed by atoms with van der Waals surface area (Å²) in [5, 5.41) is 10.3. The minimum Gasteiger partial charge on any atom is -0.353 e. The fourth-order valence-corrected chi connectivity index (χ4v) is 2.89. The number of fused-ring (bicyclic) bond motifs is 1. The first kappa shape index (κ1) is 18.4. The molecule has 4 rings (SSSR count). The smallest absolute Gasteiger partial charge is 0.320 e. The third kappa shape index (κ3) is 3.70. The van der Waals surface area contributed by atoms with E-state index in [1.165, 1.54) is 18.3 Å². The van der Waals surface area contributed by atoms with Gasteiger partial charge in [0.25, 0.3) is 5.91 Å². The Bertz CT molecular complexity index is 1110. The van der Waals surface area contributed by atoms with Gasteiger partial charge in [0.15, 0.2) is 11.6 Å². The minimum absolute atomic E-state index is 0.120. The molecule has 0 bridgehead atoms. The van der Waals surface area contributed by atoms with Crippen molar-refractivity contribution in [2.45, 2.75) is 6.54 Å². The van der Waals surface area contributed by atoms with Gasteiger partial charge >= 0.3 is 6.03 Å². The van der Waals surface area contributed by atoms with Crippen molar-refractivity contribution in [2.75, 3.05) is 16.0 Å². The molecule has 0 saturated carbocycles. The van der Waals surface area contributed by atoms with Crippen LogP contribution in [0.1, 0.15) is 15.9 Å². The van der Waals surface area contributed by atoms with Gasteiger partial charge in [-0.2, -0.15) is 0 Å². The first-order valence-corrected chi connectivity index (χ1v) is 8.67. The van der Waals surface area contributed by atoms with Crippen molar-refractivity contribution in [2.24, 2.45) is 0 Å². The number of amides is 3. The Hall–Kier alpha value is -4.01.